The fraction of sp³-hybridized carbons (Fsp3) is 0.360. The van der Waals surface area contributed by atoms with Gasteiger partial charge in [0.15, 0.2) is 11.5 Å². The summed E-state index contributed by atoms with van der Waals surface area (Å²) in [6.45, 7) is 0.697. The molecule has 35 heavy (non-hydrogen) atoms. The summed E-state index contributed by atoms with van der Waals surface area (Å²) < 4.78 is 36.6. The van der Waals surface area contributed by atoms with Crippen LogP contribution in [0.1, 0.15) is 30.4 Å². The second-order valence-corrected chi connectivity index (χ2v) is 10.4. The molecular weight excluding hydrogens is 470 g/mol. The Morgan fingerprint density at radius 1 is 1.06 bits per heavy atom. The molecule has 2 aromatic rings. The molecule has 0 unspecified atom stereocenters. The Kier molecular flexibility index (Phi) is 7.30. The van der Waals surface area contributed by atoms with Crippen molar-refractivity contribution in [2.75, 3.05) is 42.7 Å². The summed E-state index contributed by atoms with van der Waals surface area (Å²) in [4.78, 5) is 26.8. The summed E-state index contributed by atoms with van der Waals surface area (Å²) in [5, 5.41) is 2.81. The normalized spacial score (nSPS) is 16.9. The molecule has 2 aliphatic rings. The molecule has 0 spiro atoms. The van der Waals surface area contributed by atoms with Crippen LogP contribution in [0.3, 0.4) is 0 Å². The maximum Gasteiger partial charge on any atom is 0.235 e. The molecule has 0 aromatic heterocycles. The van der Waals surface area contributed by atoms with Crippen LogP contribution in [-0.2, 0) is 26.0 Å². The zero-order valence-corrected chi connectivity index (χ0v) is 20.6. The maximum absolute atomic E-state index is 12.8. The molecule has 0 saturated carbocycles. The number of amides is 2. The first-order valence-corrected chi connectivity index (χ1v) is 13.0. The van der Waals surface area contributed by atoms with Crippen molar-refractivity contribution < 1.29 is 27.5 Å². The van der Waals surface area contributed by atoms with Crippen molar-refractivity contribution in [2.24, 2.45) is 0 Å². The molecule has 0 bridgehead atoms. The lowest BCUT2D eigenvalue weighted by atomic mass is 10.0. The summed E-state index contributed by atoms with van der Waals surface area (Å²) in [7, 11) is -0.174. The third kappa shape index (κ3) is 5.59. The minimum Gasteiger partial charge on any atom is -0.493 e. The van der Waals surface area contributed by atoms with Gasteiger partial charge >= 0.3 is 0 Å². The van der Waals surface area contributed by atoms with Crippen LogP contribution in [-0.4, -0.2) is 58.2 Å². The van der Waals surface area contributed by atoms with E-state index in [1.807, 2.05) is 12.1 Å². The SMILES string of the molecule is COc1cc2c(cc1OC)CC(=O)N(CCC(=O)Nc1ccc(N3CCCCS3(=O)=O)cc1)C=C2. The average Bonchev–Trinajstić information content (AvgIpc) is 2.99. The van der Waals surface area contributed by atoms with Crippen LogP contribution in [0.2, 0.25) is 0 Å². The van der Waals surface area contributed by atoms with Crippen LogP contribution in [0.4, 0.5) is 11.4 Å². The second-order valence-electron chi connectivity index (χ2n) is 8.43. The van der Waals surface area contributed by atoms with Crippen LogP contribution >= 0.6 is 0 Å². The van der Waals surface area contributed by atoms with Gasteiger partial charge in [-0.05, 0) is 66.4 Å². The molecule has 9 nitrogen and oxygen atoms in total. The Hall–Kier alpha value is -3.53. The van der Waals surface area contributed by atoms with E-state index in [1.165, 1.54) is 9.21 Å². The number of nitrogens with zero attached hydrogens (tertiary/aromatic N) is 2. The average molecular weight is 500 g/mol. The van der Waals surface area contributed by atoms with E-state index in [0.717, 1.165) is 17.5 Å². The molecule has 1 N–H and O–H groups in total. The molecule has 2 amide bonds. The van der Waals surface area contributed by atoms with Crippen molar-refractivity contribution in [1.29, 1.82) is 0 Å². The van der Waals surface area contributed by atoms with Crippen LogP contribution < -0.4 is 19.1 Å². The predicted octanol–water partition coefficient (Wildman–Crippen LogP) is 3.02. The summed E-state index contributed by atoms with van der Waals surface area (Å²) >= 11 is 0. The molecule has 1 saturated heterocycles. The highest BCUT2D eigenvalue weighted by atomic mass is 32.2. The highest BCUT2D eigenvalue weighted by molar-refractivity contribution is 7.92. The van der Waals surface area contributed by atoms with Gasteiger partial charge in [0.25, 0.3) is 0 Å². The fourth-order valence-electron chi connectivity index (χ4n) is 4.20. The molecule has 0 radical (unpaired) electrons. The molecule has 186 valence electrons. The minimum atomic E-state index is -3.28. The zero-order chi connectivity index (χ0) is 25.0. The Bertz CT molecular complexity index is 1240. The maximum atomic E-state index is 12.8. The standard InChI is InChI=1S/C25H29N3O6S/c1-33-22-15-18-9-12-27(25(30)17-19(18)16-23(22)34-2)13-10-24(29)26-20-5-7-21(8-6-20)28-11-3-4-14-35(28,31)32/h5-9,12,15-16H,3-4,10-11,13-14,17H2,1-2H3,(H,26,29). The van der Waals surface area contributed by atoms with E-state index in [0.29, 0.717) is 35.8 Å². The Morgan fingerprint density at radius 2 is 1.77 bits per heavy atom. The van der Waals surface area contributed by atoms with E-state index in [9.17, 15) is 18.0 Å². The van der Waals surface area contributed by atoms with E-state index in [4.69, 9.17) is 9.47 Å². The number of hydrogen-bond acceptors (Lipinski definition) is 6. The summed E-state index contributed by atoms with van der Waals surface area (Å²) in [5.74, 6) is 0.937. The third-order valence-corrected chi connectivity index (χ3v) is 7.98. The van der Waals surface area contributed by atoms with E-state index < -0.39 is 10.0 Å². The van der Waals surface area contributed by atoms with Gasteiger partial charge in [0.2, 0.25) is 21.8 Å². The predicted molar refractivity (Wildman–Crippen MR) is 134 cm³/mol. The van der Waals surface area contributed by atoms with Crippen molar-refractivity contribution in [2.45, 2.75) is 25.7 Å². The summed E-state index contributed by atoms with van der Waals surface area (Å²) in [6, 6.07) is 10.4. The molecule has 2 aromatic carbocycles. The summed E-state index contributed by atoms with van der Waals surface area (Å²) in [5.41, 5.74) is 2.85. The molecule has 0 atom stereocenters. The number of nitrogens with one attached hydrogen (secondary N) is 1. The number of rotatable bonds is 7. The Morgan fingerprint density at radius 3 is 2.46 bits per heavy atom. The summed E-state index contributed by atoms with van der Waals surface area (Å²) in [6.07, 6.45) is 5.31. The Labute approximate surface area is 205 Å². The number of anilines is 2. The lowest BCUT2D eigenvalue weighted by Crippen LogP contribution is -2.37. The topological polar surface area (TPSA) is 105 Å². The Balaban J connectivity index is 1.35. The monoisotopic (exact) mass is 499 g/mol. The first-order chi connectivity index (χ1) is 16.8. The van der Waals surface area contributed by atoms with Gasteiger partial charge in [-0.3, -0.25) is 13.9 Å². The van der Waals surface area contributed by atoms with Crippen molar-refractivity contribution in [3.05, 3.63) is 53.7 Å². The number of sulfonamides is 1. The van der Waals surface area contributed by atoms with Crippen LogP contribution in [0.25, 0.3) is 6.08 Å². The molecule has 0 aliphatic carbocycles. The molecule has 4 rings (SSSR count). The molecule has 1 fully saturated rings. The van der Waals surface area contributed by atoms with Crippen molar-refractivity contribution in [1.82, 2.24) is 4.90 Å². The van der Waals surface area contributed by atoms with E-state index >= 15 is 0 Å². The van der Waals surface area contributed by atoms with Gasteiger partial charge in [0.1, 0.15) is 0 Å². The van der Waals surface area contributed by atoms with Crippen LogP contribution in [0.15, 0.2) is 42.6 Å². The molecule has 2 aliphatic heterocycles. The number of methoxy groups -OCH3 is 2. The lowest BCUT2D eigenvalue weighted by molar-refractivity contribution is -0.128. The van der Waals surface area contributed by atoms with Crippen LogP contribution in [0, 0.1) is 0 Å². The van der Waals surface area contributed by atoms with Gasteiger partial charge in [-0.15, -0.1) is 0 Å². The third-order valence-electron chi connectivity index (χ3n) is 6.11. The van der Waals surface area contributed by atoms with Gasteiger partial charge in [-0.2, -0.15) is 0 Å². The number of hydrogen-bond donors (Lipinski definition) is 1. The van der Waals surface area contributed by atoms with Gasteiger partial charge in [-0.1, -0.05) is 0 Å². The first-order valence-electron chi connectivity index (χ1n) is 11.4. The minimum absolute atomic E-state index is 0.112. The molecular formula is C25H29N3O6S. The lowest BCUT2D eigenvalue weighted by Gasteiger charge is -2.28. The van der Waals surface area contributed by atoms with Gasteiger partial charge in [0, 0.05) is 31.4 Å². The van der Waals surface area contributed by atoms with Gasteiger partial charge < -0.3 is 19.7 Å². The second kappa shape index (κ2) is 10.4. The number of fused-ring (bicyclic) bond motifs is 1. The van der Waals surface area contributed by atoms with Gasteiger partial charge in [-0.25, -0.2) is 8.42 Å². The van der Waals surface area contributed by atoms with E-state index in [2.05, 4.69) is 5.32 Å². The number of benzene rings is 2. The van der Waals surface area contributed by atoms with Crippen molar-refractivity contribution in [3.8, 4) is 11.5 Å². The van der Waals surface area contributed by atoms with E-state index in [-0.39, 0.29) is 37.0 Å². The smallest absolute Gasteiger partial charge is 0.235 e. The first kappa shape index (κ1) is 24.6. The quantitative estimate of drug-likeness (QED) is 0.628. The number of ether oxygens (including phenoxy) is 2. The zero-order valence-electron chi connectivity index (χ0n) is 19.8. The highest BCUT2D eigenvalue weighted by Gasteiger charge is 2.26. The highest BCUT2D eigenvalue weighted by Crippen LogP contribution is 2.33. The van der Waals surface area contributed by atoms with Crippen LogP contribution in [0.5, 0.6) is 11.5 Å². The molecule has 10 heteroatoms. The van der Waals surface area contributed by atoms with Gasteiger partial charge in [0.05, 0.1) is 32.1 Å². The number of carbonyl (C=O) groups excluding carboxylic acids is 2. The molecule has 2 heterocycles. The largest absolute Gasteiger partial charge is 0.493 e. The fourth-order valence-corrected chi connectivity index (χ4v) is 5.84. The van der Waals surface area contributed by atoms with E-state index in [1.54, 1.807) is 50.8 Å². The van der Waals surface area contributed by atoms with Crippen molar-refractivity contribution >= 4 is 39.3 Å². The van der Waals surface area contributed by atoms with Crippen molar-refractivity contribution in [3.63, 3.8) is 0 Å². The number of carbonyl (C=O) groups is 2.